The summed E-state index contributed by atoms with van der Waals surface area (Å²) in [6.07, 6.45) is 4.43. The molecule has 1 heterocycles. The van der Waals surface area contributed by atoms with Crippen LogP contribution in [-0.2, 0) is 18.4 Å². The average Bonchev–Trinajstić information content (AvgIpc) is 2.86. The second-order valence-corrected chi connectivity index (χ2v) is 4.59. The van der Waals surface area contributed by atoms with E-state index in [1.165, 1.54) is 17.0 Å². The minimum atomic E-state index is -0.513. The fraction of sp³-hybridized carbons (Fsp3) is 0.143. The van der Waals surface area contributed by atoms with Gasteiger partial charge in [0.05, 0.1) is 23.5 Å². The molecule has 1 aromatic carbocycles. The summed E-state index contributed by atoms with van der Waals surface area (Å²) < 4.78 is 15.0. The summed E-state index contributed by atoms with van der Waals surface area (Å²) in [7, 11) is 1.75. The molecule has 0 radical (unpaired) electrons. The number of hydrogen-bond acceptors (Lipinski definition) is 2. The van der Waals surface area contributed by atoms with Gasteiger partial charge in [0.25, 0.3) is 5.91 Å². The minimum absolute atomic E-state index is 0.0123. The summed E-state index contributed by atoms with van der Waals surface area (Å²) in [5, 5.41) is 4.03. The highest BCUT2D eigenvalue weighted by atomic mass is 35.5. The lowest BCUT2D eigenvalue weighted by atomic mass is 10.2. The van der Waals surface area contributed by atoms with Crippen LogP contribution in [0.15, 0.2) is 43.2 Å². The van der Waals surface area contributed by atoms with Gasteiger partial charge in [-0.1, -0.05) is 30.3 Å². The lowest BCUT2D eigenvalue weighted by Gasteiger charge is -2.20. The Morgan fingerprint density at radius 2 is 2.35 bits per heavy atom. The number of aryl methyl sites for hydroxylation is 1. The van der Waals surface area contributed by atoms with Crippen LogP contribution < -0.4 is 4.90 Å². The molecular weight excluding hydrogens is 281 g/mol. The van der Waals surface area contributed by atoms with Crippen LogP contribution in [0.3, 0.4) is 0 Å². The number of benzene rings is 1. The molecule has 104 valence electrons. The molecule has 0 bridgehead atoms. The molecule has 0 unspecified atom stereocenters. The zero-order valence-corrected chi connectivity index (χ0v) is 11.6. The number of rotatable bonds is 4. The highest BCUT2D eigenvalue weighted by Crippen LogP contribution is 2.24. The van der Waals surface area contributed by atoms with E-state index in [0.29, 0.717) is 11.3 Å². The van der Waals surface area contributed by atoms with E-state index >= 15 is 0 Å². The van der Waals surface area contributed by atoms with Crippen LogP contribution in [-0.4, -0.2) is 15.7 Å². The number of carbonyl (C=O) groups excluding carboxylic acids is 1. The van der Waals surface area contributed by atoms with Crippen molar-refractivity contribution in [2.75, 3.05) is 4.90 Å². The van der Waals surface area contributed by atoms with Crippen LogP contribution in [0, 0.1) is 5.82 Å². The van der Waals surface area contributed by atoms with Gasteiger partial charge in [0.15, 0.2) is 0 Å². The van der Waals surface area contributed by atoms with Gasteiger partial charge in [-0.2, -0.15) is 5.10 Å². The zero-order valence-electron chi connectivity index (χ0n) is 10.9. The molecule has 20 heavy (non-hydrogen) atoms. The molecule has 0 atom stereocenters. The second kappa shape index (κ2) is 5.88. The summed E-state index contributed by atoms with van der Waals surface area (Å²) >= 11 is 5.92. The molecule has 0 fully saturated rings. The van der Waals surface area contributed by atoms with Gasteiger partial charge in [-0.15, -0.1) is 0 Å². The maximum Gasteiger partial charge on any atom is 0.250 e. The fourth-order valence-corrected chi connectivity index (χ4v) is 1.98. The van der Waals surface area contributed by atoms with Crippen molar-refractivity contribution in [1.82, 2.24) is 9.78 Å². The number of carbonyl (C=O) groups is 1. The third-order valence-corrected chi connectivity index (χ3v) is 3.23. The van der Waals surface area contributed by atoms with Gasteiger partial charge in [-0.05, 0) is 17.7 Å². The van der Waals surface area contributed by atoms with Crippen LogP contribution in [0.4, 0.5) is 10.1 Å². The number of hydrogen-bond donors (Lipinski definition) is 0. The van der Waals surface area contributed by atoms with E-state index in [2.05, 4.69) is 11.7 Å². The van der Waals surface area contributed by atoms with E-state index < -0.39 is 5.82 Å². The molecule has 2 rings (SSSR count). The van der Waals surface area contributed by atoms with E-state index in [-0.39, 0.29) is 17.5 Å². The summed E-state index contributed by atoms with van der Waals surface area (Å²) in [5.41, 5.74) is 1.11. The quantitative estimate of drug-likeness (QED) is 0.813. The zero-order chi connectivity index (χ0) is 14.7. The first kappa shape index (κ1) is 14.3. The Labute approximate surface area is 121 Å². The molecule has 1 aromatic heterocycles. The van der Waals surface area contributed by atoms with Crippen molar-refractivity contribution >= 4 is 23.2 Å². The Morgan fingerprint density at radius 1 is 1.60 bits per heavy atom. The van der Waals surface area contributed by atoms with Crippen molar-refractivity contribution in [3.8, 4) is 0 Å². The monoisotopic (exact) mass is 293 g/mol. The Kier molecular flexibility index (Phi) is 4.20. The number of halogens is 2. The average molecular weight is 294 g/mol. The van der Waals surface area contributed by atoms with Gasteiger partial charge in [0, 0.05) is 13.2 Å². The number of anilines is 1. The molecule has 0 saturated heterocycles. The van der Waals surface area contributed by atoms with E-state index in [1.54, 1.807) is 36.3 Å². The third-order valence-electron chi connectivity index (χ3n) is 2.80. The predicted octanol–water partition coefficient (Wildman–Crippen LogP) is 2.93. The summed E-state index contributed by atoms with van der Waals surface area (Å²) in [4.78, 5) is 13.4. The highest BCUT2D eigenvalue weighted by molar-refractivity contribution is 6.31. The van der Waals surface area contributed by atoms with Gasteiger partial charge in [-0.25, -0.2) is 4.39 Å². The van der Waals surface area contributed by atoms with E-state index in [0.717, 1.165) is 0 Å². The maximum absolute atomic E-state index is 13.4. The van der Waals surface area contributed by atoms with Crippen LogP contribution in [0.5, 0.6) is 0 Å². The Hall–Kier alpha value is -2.14. The van der Waals surface area contributed by atoms with Gasteiger partial charge in [-0.3, -0.25) is 9.48 Å². The molecule has 1 amide bonds. The van der Waals surface area contributed by atoms with Crippen molar-refractivity contribution in [2.24, 2.45) is 7.05 Å². The van der Waals surface area contributed by atoms with Gasteiger partial charge in [0.2, 0.25) is 0 Å². The third kappa shape index (κ3) is 2.88. The Balaban J connectivity index is 2.36. The van der Waals surface area contributed by atoms with Crippen LogP contribution in [0.25, 0.3) is 0 Å². The normalized spacial score (nSPS) is 10.3. The maximum atomic E-state index is 13.4. The number of aromatic nitrogens is 2. The minimum Gasteiger partial charge on any atom is -0.301 e. The molecule has 0 spiro atoms. The predicted molar refractivity (Wildman–Crippen MR) is 76.0 cm³/mol. The van der Waals surface area contributed by atoms with Crippen molar-refractivity contribution in [2.45, 2.75) is 6.54 Å². The summed E-state index contributed by atoms with van der Waals surface area (Å²) in [5.74, 6) is -0.820. The molecule has 0 N–H and O–H groups in total. The molecule has 4 nitrogen and oxygen atoms in total. The fourth-order valence-electron chi connectivity index (χ4n) is 1.80. The number of amides is 1. The number of nitrogens with zero attached hydrogens (tertiary/aromatic N) is 3. The second-order valence-electron chi connectivity index (χ2n) is 4.21. The van der Waals surface area contributed by atoms with Crippen molar-refractivity contribution in [1.29, 1.82) is 0 Å². The van der Waals surface area contributed by atoms with Crippen LogP contribution in [0.1, 0.15) is 5.56 Å². The van der Waals surface area contributed by atoms with Crippen molar-refractivity contribution in [3.05, 3.63) is 59.7 Å². The molecule has 6 heteroatoms. The molecule has 0 saturated carbocycles. The molecule has 0 aliphatic rings. The lowest BCUT2D eigenvalue weighted by Crippen LogP contribution is -2.28. The van der Waals surface area contributed by atoms with Crippen LogP contribution in [0.2, 0.25) is 5.02 Å². The first-order valence-corrected chi connectivity index (χ1v) is 6.26. The molecule has 2 aromatic rings. The standard InChI is InChI=1S/C14H13ClFN3O/c1-3-13(20)19(11-7-17-18(2)9-11)8-10-5-4-6-12(16)14(10)15/h3-7,9H,1,8H2,2H3. The van der Waals surface area contributed by atoms with Gasteiger partial charge >= 0.3 is 0 Å². The van der Waals surface area contributed by atoms with E-state index in [1.807, 2.05) is 0 Å². The van der Waals surface area contributed by atoms with Crippen molar-refractivity contribution < 1.29 is 9.18 Å². The smallest absolute Gasteiger partial charge is 0.250 e. The Bertz CT molecular complexity index is 654. The van der Waals surface area contributed by atoms with Crippen molar-refractivity contribution in [3.63, 3.8) is 0 Å². The lowest BCUT2D eigenvalue weighted by molar-refractivity contribution is -0.114. The van der Waals surface area contributed by atoms with Crippen LogP contribution >= 0.6 is 11.6 Å². The van der Waals surface area contributed by atoms with Gasteiger partial charge in [0.1, 0.15) is 5.82 Å². The summed E-state index contributed by atoms with van der Waals surface area (Å²) in [6.45, 7) is 3.62. The SMILES string of the molecule is C=CC(=O)N(Cc1cccc(F)c1Cl)c1cnn(C)c1. The largest absolute Gasteiger partial charge is 0.301 e. The van der Waals surface area contributed by atoms with E-state index in [9.17, 15) is 9.18 Å². The highest BCUT2D eigenvalue weighted by Gasteiger charge is 2.17. The first-order chi connectivity index (χ1) is 9.52. The Morgan fingerprint density at radius 3 is 2.95 bits per heavy atom. The van der Waals surface area contributed by atoms with E-state index in [4.69, 9.17) is 11.6 Å². The topological polar surface area (TPSA) is 38.1 Å². The van der Waals surface area contributed by atoms with Gasteiger partial charge < -0.3 is 4.90 Å². The first-order valence-electron chi connectivity index (χ1n) is 5.88. The summed E-state index contributed by atoms with van der Waals surface area (Å²) in [6, 6.07) is 4.50. The molecular formula is C14H13ClFN3O. The molecule has 0 aliphatic heterocycles. The molecule has 0 aliphatic carbocycles.